The molecule has 1 amide bonds. The number of hydrogen-bond acceptors (Lipinski definition) is 2. The molecule has 0 heterocycles. The van der Waals surface area contributed by atoms with Gasteiger partial charge in [-0.1, -0.05) is 30.7 Å². The maximum Gasteiger partial charge on any atom is 0.220 e. The largest absolute Gasteiger partial charge is 0.353 e. The first-order chi connectivity index (χ1) is 9.56. The molecule has 2 rings (SSSR count). The van der Waals surface area contributed by atoms with Crippen LogP contribution in [0.2, 0.25) is 5.02 Å². The Kier molecular flexibility index (Phi) is 4.96. The molecule has 106 valence electrons. The van der Waals surface area contributed by atoms with Crippen molar-refractivity contribution in [2.45, 2.75) is 32.2 Å². The highest BCUT2D eigenvalue weighted by atomic mass is 35.5. The molecule has 0 radical (unpaired) electrons. The molecule has 0 fully saturated rings. The molecule has 1 N–H and O–H groups in total. The number of nitrogens with one attached hydrogen (secondary N) is 1. The van der Waals surface area contributed by atoms with Gasteiger partial charge in [-0.2, -0.15) is 0 Å². The van der Waals surface area contributed by atoms with Gasteiger partial charge in [-0.05, 0) is 37.1 Å². The van der Waals surface area contributed by atoms with Gasteiger partial charge in [-0.15, -0.1) is 0 Å². The minimum Gasteiger partial charge on any atom is -0.353 e. The van der Waals surface area contributed by atoms with E-state index < -0.39 is 0 Å². The van der Waals surface area contributed by atoms with E-state index in [0.717, 1.165) is 12.8 Å². The Morgan fingerprint density at radius 2 is 1.85 bits per heavy atom. The monoisotopic (exact) mass is 291 g/mol. The lowest BCUT2D eigenvalue weighted by molar-refractivity contribution is -0.122. The minimum absolute atomic E-state index is 0.0265. The summed E-state index contributed by atoms with van der Waals surface area (Å²) in [6.07, 6.45) is 6.11. The first-order valence-electron chi connectivity index (χ1n) is 6.80. The van der Waals surface area contributed by atoms with Crippen molar-refractivity contribution in [3.05, 3.63) is 47.0 Å². The average Bonchev–Trinajstić information content (AvgIpc) is 2.91. The summed E-state index contributed by atoms with van der Waals surface area (Å²) < 4.78 is 0. The Balaban J connectivity index is 1.87. The third-order valence-corrected chi connectivity index (χ3v) is 3.69. The quantitative estimate of drug-likeness (QED) is 0.668. The second-order valence-corrected chi connectivity index (χ2v) is 5.62. The summed E-state index contributed by atoms with van der Waals surface area (Å²) in [5, 5.41) is 3.55. The smallest absolute Gasteiger partial charge is 0.220 e. The van der Waals surface area contributed by atoms with Crippen LogP contribution in [0.25, 0.3) is 0 Å². The fourth-order valence-corrected chi connectivity index (χ4v) is 2.42. The number of carbonyl (C=O) groups is 2. The molecule has 4 heteroatoms. The molecule has 0 saturated heterocycles. The maximum atomic E-state index is 12.2. The first-order valence-corrected chi connectivity index (χ1v) is 7.18. The Hall–Kier alpha value is -1.61. The average molecular weight is 292 g/mol. The van der Waals surface area contributed by atoms with Gasteiger partial charge in [0, 0.05) is 29.0 Å². The van der Waals surface area contributed by atoms with E-state index in [9.17, 15) is 9.59 Å². The summed E-state index contributed by atoms with van der Waals surface area (Å²) >= 11 is 5.79. The van der Waals surface area contributed by atoms with Gasteiger partial charge in [-0.25, -0.2) is 0 Å². The second-order valence-electron chi connectivity index (χ2n) is 5.18. The fourth-order valence-electron chi connectivity index (χ4n) is 2.29. The normalized spacial score (nSPS) is 16.1. The third-order valence-electron chi connectivity index (χ3n) is 3.44. The summed E-state index contributed by atoms with van der Waals surface area (Å²) in [5.74, 6) is -0.416. The molecule has 0 bridgehead atoms. The van der Waals surface area contributed by atoms with Gasteiger partial charge >= 0.3 is 0 Å². The highest BCUT2D eigenvalue weighted by molar-refractivity contribution is 6.30. The highest BCUT2D eigenvalue weighted by Gasteiger charge is 2.20. The summed E-state index contributed by atoms with van der Waals surface area (Å²) in [4.78, 5) is 24.1. The van der Waals surface area contributed by atoms with E-state index in [2.05, 4.69) is 17.5 Å². The Bertz CT molecular complexity index is 514. The van der Waals surface area contributed by atoms with Crippen LogP contribution in [0.5, 0.6) is 0 Å². The number of benzene rings is 1. The second kappa shape index (κ2) is 6.71. The Morgan fingerprint density at radius 1 is 1.25 bits per heavy atom. The van der Waals surface area contributed by atoms with Crippen molar-refractivity contribution in [1.82, 2.24) is 5.32 Å². The van der Waals surface area contributed by atoms with Crippen LogP contribution >= 0.6 is 11.6 Å². The third kappa shape index (κ3) is 3.94. The van der Waals surface area contributed by atoms with Crippen molar-refractivity contribution in [3.63, 3.8) is 0 Å². The zero-order valence-electron chi connectivity index (χ0n) is 11.4. The first kappa shape index (κ1) is 14.8. The molecule has 0 spiro atoms. The molecule has 1 aliphatic rings. The lowest BCUT2D eigenvalue weighted by Crippen LogP contribution is -2.34. The van der Waals surface area contributed by atoms with Gasteiger partial charge in [-0.3, -0.25) is 9.59 Å². The molecule has 1 aliphatic carbocycles. The fraction of sp³-hybridized carbons (Fsp3) is 0.375. The van der Waals surface area contributed by atoms with Crippen LogP contribution in [0.1, 0.15) is 36.5 Å². The van der Waals surface area contributed by atoms with E-state index in [4.69, 9.17) is 11.6 Å². The lowest BCUT2D eigenvalue weighted by Gasteiger charge is -2.14. The Labute approximate surface area is 124 Å². The highest BCUT2D eigenvalue weighted by Crippen LogP contribution is 2.16. The van der Waals surface area contributed by atoms with Crippen LogP contribution < -0.4 is 5.32 Å². The summed E-state index contributed by atoms with van der Waals surface area (Å²) in [5.41, 5.74) is 0.595. The summed E-state index contributed by atoms with van der Waals surface area (Å²) in [6.45, 7) is 1.78. The molecule has 1 atom stereocenters. The van der Waals surface area contributed by atoms with E-state index in [1.54, 1.807) is 31.2 Å². The number of halogens is 1. The van der Waals surface area contributed by atoms with Gasteiger partial charge < -0.3 is 5.32 Å². The topological polar surface area (TPSA) is 46.2 Å². The summed E-state index contributed by atoms with van der Waals surface area (Å²) in [6, 6.07) is 6.96. The summed E-state index contributed by atoms with van der Waals surface area (Å²) in [7, 11) is 0. The van der Waals surface area contributed by atoms with E-state index in [1.165, 1.54) is 0 Å². The molecule has 0 aliphatic heterocycles. The molecule has 1 aromatic rings. The van der Waals surface area contributed by atoms with Gasteiger partial charge in [0.2, 0.25) is 5.91 Å². The number of rotatable bonds is 5. The van der Waals surface area contributed by atoms with Crippen molar-refractivity contribution in [2.75, 3.05) is 0 Å². The molecule has 1 aromatic carbocycles. The van der Waals surface area contributed by atoms with Crippen molar-refractivity contribution in [1.29, 1.82) is 0 Å². The predicted octanol–water partition coefficient (Wildman–Crippen LogP) is 3.38. The molecule has 0 saturated carbocycles. The van der Waals surface area contributed by atoms with Gasteiger partial charge in [0.15, 0.2) is 5.78 Å². The number of ketones is 1. The van der Waals surface area contributed by atoms with Crippen molar-refractivity contribution in [2.24, 2.45) is 5.92 Å². The molecular weight excluding hydrogens is 274 g/mol. The van der Waals surface area contributed by atoms with Crippen LogP contribution in [0, 0.1) is 5.92 Å². The van der Waals surface area contributed by atoms with Crippen molar-refractivity contribution in [3.8, 4) is 0 Å². The van der Waals surface area contributed by atoms with E-state index in [1.807, 2.05) is 0 Å². The van der Waals surface area contributed by atoms with Crippen molar-refractivity contribution >= 4 is 23.3 Å². The molecular formula is C16H18ClNO2. The maximum absolute atomic E-state index is 12.2. The predicted molar refractivity (Wildman–Crippen MR) is 79.9 cm³/mol. The molecule has 0 aromatic heterocycles. The molecule has 0 unspecified atom stereocenters. The van der Waals surface area contributed by atoms with Crippen LogP contribution in [0.15, 0.2) is 36.4 Å². The Morgan fingerprint density at radius 3 is 2.45 bits per heavy atom. The van der Waals surface area contributed by atoms with E-state index in [0.29, 0.717) is 10.6 Å². The minimum atomic E-state index is -0.328. The number of carbonyl (C=O) groups excluding carboxylic acids is 2. The van der Waals surface area contributed by atoms with Crippen LogP contribution in [-0.4, -0.2) is 17.7 Å². The van der Waals surface area contributed by atoms with Gasteiger partial charge in [0.1, 0.15) is 0 Å². The zero-order chi connectivity index (χ0) is 14.5. The number of Topliss-reactive ketones (excluding diaryl/α,β-unsaturated/α-hetero) is 1. The number of amides is 1. The SMILES string of the molecule is C[C@@H](CC(=O)NC1CC=CC1)C(=O)c1ccc(Cl)cc1. The van der Waals surface area contributed by atoms with Gasteiger partial charge in [0.05, 0.1) is 0 Å². The zero-order valence-corrected chi connectivity index (χ0v) is 12.2. The van der Waals surface area contributed by atoms with Crippen LogP contribution in [0.3, 0.4) is 0 Å². The van der Waals surface area contributed by atoms with E-state index in [-0.39, 0.29) is 30.1 Å². The van der Waals surface area contributed by atoms with Gasteiger partial charge in [0.25, 0.3) is 0 Å². The standard InChI is InChI=1S/C16H18ClNO2/c1-11(10-15(19)18-14-4-2-3-5-14)16(20)12-6-8-13(17)9-7-12/h2-3,6-9,11,14H,4-5,10H2,1H3,(H,18,19)/t11-/m0/s1. The van der Waals surface area contributed by atoms with Crippen molar-refractivity contribution < 1.29 is 9.59 Å². The lowest BCUT2D eigenvalue weighted by atomic mass is 9.96. The molecule has 3 nitrogen and oxygen atoms in total. The van der Waals surface area contributed by atoms with E-state index >= 15 is 0 Å². The van der Waals surface area contributed by atoms with Crippen LogP contribution in [-0.2, 0) is 4.79 Å². The number of hydrogen-bond donors (Lipinski definition) is 1. The van der Waals surface area contributed by atoms with Crippen LogP contribution in [0.4, 0.5) is 0 Å². The molecule has 20 heavy (non-hydrogen) atoms.